The monoisotopic (exact) mass is 328 g/mol. The van der Waals surface area contributed by atoms with Crippen LogP contribution >= 0.6 is 11.6 Å². The minimum atomic E-state index is 0.701. The summed E-state index contributed by atoms with van der Waals surface area (Å²) >= 11 is 6.11. The van der Waals surface area contributed by atoms with E-state index in [1.165, 1.54) is 0 Å². The largest absolute Gasteiger partial charge is 0.351 e. The molecule has 1 aliphatic rings. The van der Waals surface area contributed by atoms with Crippen LogP contribution in [-0.2, 0) is 0 Å². The molecule has 3 aromatic rings. The fourth-order valence-corrected chi connectivity index (χ4v) is 3.10. The van der Waals surface area contributed by atoms with Gasteiger partial charge >= 0.3 is 0 Å². The van der Waals surface area contributed by atoms with Crippen LogP contribution in [0.25, 0.3) is 16.9 Å². The lowest BCUT2D eigenvalue weighted by molar-refractivity contribution is 0.312. The molecule has 1 aliphatic heterocycles. The summed E-state index contributed by atoms with van der Waals surface area (Å²) in [4.78, 5) is 9.26. The van der Waals surface area contributed by atoms with E-state index >= 15 is 0 Å². The summed E-state index contributed by atoms with van der Waals surface area (Å²) in [6.07, 6.45) is 3.60. The zero-order valence-electron chi connectivity index (χ0n) is 12.9. The van der Waals surface area contributed by atoms with Crippen molar-refractivity contribution in [3.8, 4) is 11.3 Å². The van der Waals surface area contributed by atoms with Crippen molar-refractivity contribution in [1.82, 2.24) is 24.5 Å². The molecule has 0 amide bonds. The average molecular weight is 329 g/mol. The first-order chi connectivity index (χ1) is 11.2. The fourth-order valence-electron chi connectivity index (χ4n) is 2.91. The van der Waals surface area contributed by atoms with Gasteiger partial charge in [0, 0.05) is 36.8 Å². The zero-order chi connectivity index (χ0) is 15.8. The number of halogens is 1. The van der Waals surface area contributed by atoms with Gasteiger partial charge in [0.05, 0.1) is 11.9 Å². The topological polar surface area (TPSA) is 49.6 Å². The molecule has 7 heteroatoms. The Morgan fingerprint density at radius 2 is 1.96 bits per heavy atom. The lowest BCUT2D eigenvalue weighted by atomic mass is 10.1. The lowest BCUT2D eigenvalue weighted by Gasteiger charge is -2.33. The number of benzene rings is 1. The van der Waals surface area contributed by atoms with E-state index in [-0.39, 0.29) is 0 Å². The Morgan fingerprint density at radius 1 is 1.13 bits per heavy atom. The molecular weight excluding hydrogens is 312 g/mol. The van der Waals surface area contributed by atoms with Crippen molar-refractivity contribution in [2.24, 2.45) is 0 Å². The number of fused-ring (bicyclic) bond motifs is 1. The van der Waals surface area contributed by atoms with E-state index in [9.17, 15) is 0 Å². The van der Waals surface area contributed by atoms with E-state index in [0.29, 0.717) is 5.02 Å². The molecule has 0 aliphatic carbocycles. The van der Waals surface area contributed by atoms with Gasteiger partial charge < -0.3 is 9.80 Å². The number of piperazine rings is 1. The first-order valence-electron chi connectivity index (χ1n) is 7.60. The average Bonchev–Trinajstić information content (AvgIpc) is 3.04. The summed E-state index contributed by atoms with van der Waals surface area (Å²) in [7, 11) is 2.14. The summed E-state index contributed by atoms with van der Waals surface area (Å²) in [6, 6.07) is 7.73. The Bertz CT molecular complexity index is 837. The number of hydrogen-bond donors (Lipinski definition) is 0. The number of likely N-dealkylation sites (N-methyl/N-ethyl adjacent to an activating group) is 1. The van der Waals surface area contributed by atoms with Gasteiger partial charge in [-0.3, -0.25) is 4.40 Å². The molecule has 3 heterocycles. The van der Waals surface area contributed by atoms with Crippen LogP contribution in [0.1, 0.15) is 0 Å². The summed E-state index contributed by atoms with van der Waals surface area (Å²) in [5.41, 5.74) is 2.72. The second kappa shape index (κ2) is 5.79. The maximum absolute atomic E-state index is 6.11. The van der Waals surface area contributed by atoms with E-state index in [0.717, 1.165) is 48.9 Å². The van der Waals surface area contributed by atoms with E-state index in [1.807, 2.05) is 34.9 Å². The molecule has 1 fully saturated rings. The van der Waals surface area contributed by atoms with Crippen molar-refractivity contribution >= 4 is 23.1 Å². The molecule has 0 bridgehead atoms. The fraction of sp³-hybridized carbons (Fsp3) is 0.312. The third-order valence-electron chi connectivity index (χ3n) is 4.24. The molecule has 0 unspecified atom stereocenters. The van der Waals surface area contributed by atoms with Gasteiger partial charge in [-0.1, -0.05) is 23.7 Å². The van der Waals surface area contributed by atoms with Crippen LogP contribution in [0.2, 0.25) is 5.02 Å². The van der Waals surface area contributed by atoms with Crippen LogP contribution in [0, 0.1) is 0 Å². The van der Waals surface area contributed by atoms with Crippen LogP contribution in [0.15, 0.2) is 36.8 Å². The lowest BCUT2D eigenvalue weighted by Crippen LogP contribution is -2.45. The van der Waals surface area contributed by atoms with Gasteiger partial charge in [0.2, 0.25) is 5.65 Å². The van der Waals surface area contributed by atoms with Crippen molar-refractivity contribution in [3.05, 3.63) is 41.8 Å². The van der Waals surface area contributed by atoms with E-state index in [1.54, 1.807) is 6.33 Å². The van der Waals surface area contributed by atoms with E-state index in [4.69, 9.17) is 11.6 Å². The predicted molar refractivity (Wildman–Crippen MR) is 90.9 cm³/mol. The number of hydrogen-bond acceptors (Lipinski definition) is 5. The molecule has 0 N–H and O–H groups in total. The van der Waals surface area contributed by atoms with Crippen LogP contribution in [0.4, 0.5) is 5.82 Å². The molecule has 0 radical (unpaired) electrons. The second-order valence-corrected chi connectivity index (χ2v) is 6.23. The summed E-state index contributed by atoms with van der Waals surface area (Å²) < 4.78 is 1.98. The first kappa shape index (κ1) is 14.4. The standard InChI is InChI=1S/C16H17ClN6/c1-21-5-7-22(8-6-21)15-16-20-19-11-23(16)14(10-18-15)12-3-2-4-13(17)9-12/h2-4,9-11H,5-8H2,1H3. The molecule has 0 saturated carbocycles. The van der Waals surface area contributed by atoms with Crippen LogP contribution < -0.4 is 4.90 Å². The van der Waals surface area contributed by atoms with Crippen molar-refractivity contribution in [2.75, 3.05) is 38.1 Å². The third kappa shape index (κ3) is 2.64. The molecule has 0 atom stereocenters. The highest BCUT2D eigenvalue weighted by Gasteiger charge is 2.20. The molecule has 2 aromatic heterocycles. The predicted octanol–water partition coefficient (Wildman–Crippen LogP) is 2.20. The van der Waals surface area contributed by atoms with Gasteiger partial charge in [-0.25, -0.2) is 4.98 Å². The van der Waals surface area contributed by atoms with Gasteiger partial charge in [-0.05, 0) is 19.2 Å². The van der Waals surface area contributed by atoms with Gasteiger partial charge in [0.25, 0.3) is 0 Å². The maximum atomic E-state index is 6.11. The quantitative estimate of drug-likeness (QED) is 0.722. The number of nitrogens with zero attached hydrogens (tertiary/aromatic N) is 6. The summed E-state index contributed by atoms with van der Waals surface area (Å²) in [5.74, 6) is 0.890. The zero-order valence-corrected chi connectivity index (χ0v) is 13.6. The Hall–Kier alpha value is -2.18. The molecule has 23 heavy (non-hydrogen) atoms. The molecule has 1 aromatic carbocycles. The SMILES string of the molecule is CN1CCN(c2ncc(-c3cccc(Cl)c3)n3cnnc23)CC1. The Balaban J connectivity index is 1.79. The second-order valence-electron chi connectivity index (χ2n) is 5.79. The molecule has 4 rings (SSSR count). The molecule has 6 nitrogen and oxygen atoms in total. The minimum Gasteiger partial charge on any atom is -0.351 e. The van der Waals surface area contributed by atoms with Gasteiger partial charge in [0.1, 0.15) is 6.33 Å². The third-order valence-corrected chi connectivity index (χ3v) is 4.47. The number of aromatic nitrogens is 4. The van der Waals surface area contributed by atoms with Crippen LogP contribution in [0.5, 0.6) is 0 Å². The molecule has 1 saturated heterocycles. The Labute approximate surface area is 139 Å². The number of anilines is 1. The molecule has 118 valence electrons. The highest BCUT2D eigenvalue weighted by Crippen LogP contribution is 2.26. The molecule has 0 spiro atoms. The normalized spacial score (nSPS) is 16.2. The van der Waals surface area contributed by atoms with Gasteiger partial charge in [-0.2, -0.15) is 0 Å². The van der Waals surface area contributed by atoms with Crippen LogP contribution in [0.3, 0.4) is 0 Å². The van der Waals surface area contributed by atoms with Crippen molar-refractivity contribution in [3.63, 3.8) is 0 Å². The van der Waals surface area contributed by atoms with Crippen LogP contribution in [-0.4, -0.2) is 57.7 Å². The van der Waals surface area contributed by atoms with Gasteiger partial charge in [0.15, 0.2) is 5.82 Å². The summed E-state index contributed by atoms with van der Waals surface area (Å²) in [6.45, 7) is 3.95. The molecular formula is C16H17ClN6. The van der Waals surface area contributed by atoms with Crippen molar-refractivity contribution in [2.45, 2.75) is 0 Å². The van der Waals surface area contributed by atoms with E-state index in [2.05, 4.69) is 32.0 Å². The van der Waals surface area contributed by atoms with Crippen molar-refractivity contribution < 1.29 is 0 Å². The smallest absolute Gasteiger partial charge is 0.204 e. The number of rotatable bonds is 2. The Kier molecular flexibility index (Phi) is 3.63. The van der Waals surface area contributed by atoms with Crippen molar-refractivity contribution in [1.29, 1.82) is 0 Å². The maximum Gasteiger partial charge on any atom is 0.204 e. The Morgan fingerprint density at radius 3 is 2.74 bits per heavy atom. The van der Waals surface area contributed by atoms with E-state index < -0.39 is 0 Å². The minimum absolute atomic E-state index is 0.701. The summed E-state index contributed by atoms with van der Waals surface area (Å²) in [5, 5.41) is 9.07. The van der Waals surface area contributed by atoms with Gasteiger partial charge in [-0.15, -0.1) is 10.2 Å². The highest BCUT2D eigenvalue weighted by molar-refractivity contribution is 6.30. The first-order valence-corrected chi connectivity index (χ1v) is 7.98. The highest BCUT2D eigenvalue weighted by atomic mass is 35.5.